The van der Waals surface area contributed by atoms with Crippen LogP contribution in [0.1, 0.15) is 57.8 Å². The molecule has 0 aliphatic heterocycles. The minimum Gasteiger partial charge on any atom is -0.478 e. The maximum Gasteiger partial charge on any atom is 0.336 e. The second-order valence-corrected chi connectivity index (χ2v) is 8.23. The average molecular weight is 417 g/mol. The van der Waals surface area contributed by atoms with Gasteiger partial charge in [-0.1, -0.05) is 18.2 Å². The molecule has 0 fully saturated rings. The number of nitrogens with zero attached hydrogens (tertiary/aromatic N) is 2. The molecule has 0 amide bonds. The summed E-state index contributed by atoms with van der Waals surface area (Å²) in [5.74, 6) is -0.449. The van der Waals surface area contributed by atoms with E-state index in [2.05, 4.69) is 35.1 Å². The number of aliphatic hydroxyl groups excluding tert-OH is 1. The van der Waals surface area contributed by atoms with Crippen LogP contribution in [-0.2, 0) is 19.4 Å². The second kappa shape index (κ2) is 9.31. The van der Waals surface area contributed by atoms with Gasteiger partial charge in [0.2, 0.25) is 0 Å². The van der Waals surface area contributed by atoms with Gasteiger partial charge in [0, 0.05) is 30.8 Å². The van der Waals surface area contributed by atoms with E-state index in [1.807, 2.05) is 24.3 Å². The van der Waals surface area contributed by atoms with Crippen molar-refractivity contribution in [2.45, 2.75) is 44.6 Å². The Labute approximate surface area is 183 Å². The first-order chi connectivity index (χ1) is 15.1. The van der Waals surface area contributed by atoms with Gasteiger partial charge in [-0.15, -0.1) is 0 Å². The molecule has 2 N–H and O–H groups in total. The van der Waals surface area contributed by atoms with Crippen molar-refractivity contribution >= 4 is 17.3 Å². The van der Waals surface area contributed by atoms with Crippen molar-refractivity contribution in [1.29, 1.82) is 0 Å². The highest BCUT2D eigenvalue weighted by Crippen LogP contribution is 2.37. The van der Waals surface area contributed by atoms with E-state index in [1.54, 1.807) is 12.3 Å². The molecule has 5 nitrogen and oxygen atoms in total. The van der Waals surface area contributed by atoms with Crippen molar-refractivity contribution in [1.82, 2.24) is 4.98 Å². The minimum atomic E-state index is -0.888. The highest BCUT2D eigenvalue weighted by atomic mass is 16.4. The molecule has 31 heavy (non-hydrogen) atoms. The van der Waals surface area contributed by atoms with Crippen LogP contribution in [0.4, 0.5) is 11.4 Å². The van der Waals surface area contributed by atoms with E-state index in [0.29, 0.717) is 11.5 Å². The number of carbonyl (C=O) groups is 1. The van der Waals surface area contributed by atoms with Crippen LogP contribution in [0.15, 0.2) is 60.9 Å². The molecule has 0 unspecified atom stereocenters. The summed E-state index contributed by atoms with van der Waals surface area (Å²) in [6, 6.07) is 16.2. The summed E-state index contributed by atoms with van der Waals surface area (Å²) in [6.07, 6.45) is 8.23. The van der Waals surface area contributed by atoms with E-state index in [9.17, 15) is 15.0 Å². The molecule has 4 rings (SSSR count). The lowest BCUT2D eigenvalue weighted by Crippen LogP contribution is -2.14. The van der Waals surface area contributed by atoms with Crippen LogP contribution in [0.2, 0.25) is 0 Å². The van der Waals surface area contributed by atoms with Gasteiger partial charge in [-0.05, 0) is 90.6 Å². The van der Waals surface area contributed by atoms with Crippen LogP contribution in [0.25, 0.3) is 0 Å². The standard InChI is InChI=1S/C26H28N2O3/c1-28(22-9-5-18(17-29)6-10-22)23-11-12-24-19(3-2-4-20(24)15-23)7-8-21-16-27-14-13-25(21)26(30)31/h5-6,9-16,19,29H,2-4,7-8,17H2,1H3,(H,30,31)/t19-/m0/s1. The molecule has 0 saturated heterocycles. The van der Waals surface area contributed by atoms with E-state index in [-0.39, 0.29) is 6.61 Å². The third-order valence-corrected chi connectivity index (χ3v) is 6.35. The Morgan fingerprint density at radius 3 is 2.65 bits per heavy atom. The van der Waals surface area contributed by atoms with Gasteiger partial charge < -0.3 is 15.1 Å². The molecule has 1 aromatic heterocycles. The van der Waals surface area contributed by atoms with Crippen LogP contribution in [0, 0.1) is 0 Å². The molecule has 0 radical (unpaired) electrons. The number of anilines is 2. The third kappa shape index (κ3) is 4.62. The summed E-state index contributed by atoms with van der Waals surface area (Å²) in [7, 11) is 2.06. The van der Waals surface area contributed by atoms with Crippen molar-refractivity contribution in [3.05, 3.63) is 88.7 Å². The number of aliphatic hydroxyl groups is 1. The first kappa shape index (κ1) is 21.1. The summed E-state index contributed by atoms with van der Waals surface area (Å²) in [6.45, 7) is 0.0528. The predicted octanol–water partition coefficient (Wildman–Crippen LogP) is 5.09. The molecule has 0 bridgehead atoms. The second-order valence-electron chi connectivity index (χ2n) is 8.23. The molecular weight excluding hydrogens is 388 g/mol. The van der Waals surface area contributed by atoms with E-state index in [4.69, 9.17) is 0 Å². The number of aryl methyl sites for hydroxylation is 2. The summed E-state index contributed by atoms with van der Waals surface area (Å²) < 4.78 is 0. The van der Waals surface area contributed by atoms with Crippen molar-refractivity contribution in [2.75, 3.05) is 11.9 Å². The maximum absolute atomic E-state index is 11.5. The Morgan fingerprint density at radius 1 is 1.13 bits per heavy atom. The number of carboxylic acid groups (broad SMARTS) is 1. The van der Waals surface area contributed by atoms with Gasteiger partial charge in [-0.25, -0.2) is 4.79 Å². The number of fused-ring (bicyclic) bond motifs is 1. The van der Waals surface area contributed by atoms with Crippen molar-refractivity contribution in [3.8, 4) is 0 Å². The Bertz CT molecular complexity index is 1060. The number of aromatic nitrogens is 1. The fourth-order valence-electron chi connectivity index (χ4n) is 4.55. The first-order valence-corrected chi connectivity index (χ1v) is 10.8. The Balaban J connectivity index is 1.51. The van der Waals surface area contributed by atoms with Crippen LogP contribution >= 0.6 is 0 Å². The molecular formula is C26H28N2O3. The van der Waals surface area contributed by atoms with Gasteiger partial charge in [0.15, 0.2) is 0 Å². The normalized spacial score (nSPS) is 15.4. The van der Waals surface area contributed by atoms with Crippen molar-refractivity contribution in [3.63, 3.8) is 0 Å². The fourth-order valence-corrected chi connectivity index (χ4v) is 4.55. The molecule has 3 aromatic rings. The lowest BCUT2D eigenvalue weighted by atomic mass is 9.79. The van der Waals surface area contributed by atoms with Crippen LogP contribution in [0.3, 0.4) is 0 Å². The summed E-state index contributed by atoms with van der Waals surface area (Å²) in [4.78, 5) is 17.8. The van der Waals surface area contributed by atoms with E-state index in [0.717, 1.165) is 54.6 Å². The van der Waals surface area contributed by atoms with Crippen LogP contribution in [-0.4, -0.2) is 28.2 Å². The van der Waals surface area contributed by atoms with E-state index < -0.39 is 5.97 Å². The van der Waals surface area contributed by atoms with Gasteiger partial charge in [0.05, 0.1) is 12.2 Å². The van der Waals surface area contributed by atoms with Crippen LogP contribution in [0.5, 0.6) is 0 Å². The van der Waals surface area contributed by atoms with Gasteiger partial charge in [0.1, 0.15) is 0 Å². The lowest BCUT2D eigenvalue weighted by molar-refractivity contribution is 0.0695. The SMILES string of the molecule is CN(c1ccc(CO)cc1)c1ccc2c(c1)CCC[C@H]2CCc1cnccc1C(=O)O. The lowest BCUT2D eigenvalue weighted by Gasteiger charge is -2.28. The molecule has 160 valence electrons. The molecule has 2 aromatic carbocycles. The highest BCUT2D eigenvalue weighted by molar-refractivity contribution is 5.89. The van der Waals surface area contributed by atoms with Gasteiger partial charge >= 0.3 is 5.97 Å². The molecule has 0 saturated carbocycles. The number of rotatable bonds is 7. The third-order valence-electron chi connectivity index (χ3n) is 6.35. The predicted molar refractivity (Wildman–Crippen MR) is 122 cm³/mol. The number of carboxylic acids is 1. The van der Waals surface area contributed by atoms with Gasteiger partial charge in [-0.3, -0.25) is 4.98 Å². The van der Waals surface area contributed by atoms with Crippen molar-refractivity contribution < 1.29 is 15.0 Å². The van der Waals surface area contributed by atoms with Crippen molar-refractivity contribution in [2.24, 2.45) is 0 Å². The summed E-state index contributed by atoms with van der Waals surface area (Å²) in [5, 5.41) is 18.7. The summed E-state index contributed by atoms with van der Waals surface area (Å²) >= 11 is 0. The van der Waals surface area contributed by atoms with Gasteiger partial charge in [0.25, 0.3) is 0 Å². The minimum absolute atomic E-state index is 0.0528. The largest absolute Gasteiger partial charge is 0.478 e. The van der Waals surface area contributed by atoms with Crippen LogP contribution < -0.4 is 4.90 Å². The Kier molecular flexibility index (Phi) is 6.33. The zero-order valence-corrected chi connectivity index (χ0v) is 17.8. The van der Waals surface area contributed by atoms with Gasteiger partial charge in [-0.2, -0.15) is 0 Å². The molecule has 1 atom stereocenters. The Morgan fingerprint density at radius 2 is 1.90 bits per heavy atom. The maximum atomic E-state index is 11.5. The summed E-state index contributed by atoms with van der Waals surface area (Å²) in [5.41, 5.74) is 7.08. The number of hydrogen-bond donors (Lipinski definition) is 2. The topological polar surface area (TPSA) is 73.7 Å². The van der Waals surface area contributed by atoms with E-state index in [1.165, 1.54) is 17.3 Å². The average Bonchev–Trinajstić information content (AvgIpc) is 2.82. The quantitative estimate of drug-likeness (QED) is 0.561. The monoisotopic (exact) mass is 416 g/mol. The van der Waals surface area contributed by atoms with E-state index >= 15 is 0 Å². The number of benzene rings is 2. The number of aromatic carboxylic acids is 1. The Hall–Kier alpha value is -3.18. The fraction of sp³-hybridized carbons (Fsp3) is 0.308. The smallest absolute Gasteiger partial charge is 0.336 e. The molecule has 1 heterocycles. The molecule has 1 aliphatic rings. The zero-order valence-electron chi connectivity index (χ0n) is 17.8. The first-order valence-electron chi connectivity index (χ1n) is 10.8. The molecule has 0 spiro atoms. The number of hydrogen-bond acceptors (Lipinski definition) is 4. The molecule has 5 heteroatoms. The number of pyridine rings is 1. The molecule has 1 aliphatic carbocycles. The highest BCUT2D eigenvalue weighted by Gasteiger charge is 2.22. The zero-order chi connectivity index (χ0) is 21.8.